The molecule has 0 bridgehead atoms. The van der Waals surface area contributed by atoms with Crippen LogP contribution in [0.1, 0.15) is 64.8 Å². The number of piperazine rings is 1. The number of nitrogens with zero attached hydrogens (tertiary/aromatic N) is 4. The molecule has 3 aliphatic rings. The smallest absolute Gasteiger partial charge is 0.256 e. The fraction of sp³-hybridized carbons (Fsp3) is 0.475. The highest BCUT2D eigenvalue weighted by molar-refractivity contribution is 6.03. The number of fused-ring (bicyclic) bond motifs is 2. The van der Waals surface area contributed by atoms with Crippen LogP contribution in [-0.4, -0.2) is 113 Å². The number of amides is 2. The Labute approximate surface area is 306 Å². The Morgan fingerprint density at radius 3 is 2.29 bits per heavy atom. The van der Waals surface area contributed by atoms with E-state index in [1.54, 1.807) is 34.5 Å². The fourth-order valence-corrected chi connectivity index (χ4v) is 7.20. The van der Waals surface area contributed by atoms with E-state index in [1.807, 2.05) is 58.5 Å². The third kappa shape index (κ3) is 8.39. The number of para-hydroxylation sites is 1. The van der Waals surface area contributed by atoms with Crippen LogP contribution >= 0.6 is 0 Å². The van der Waals surface area contributed by atoms with Crippen LogP contribution in [0.15, 0.2) is 53.5 Å². The third-order valence-corrected chi connectivity index (χ3v) is 10.1. The van der Waals surface area contributed by atoms with Crippen molar-refractivity contribution in [3.8, 4) is 28.7 Å². The van der Waals surface area contributed by atoms with Crippen LogP contribution < -0.4 is 29.0 Å². The highest BCUT2D eigenvalue weighted by Gasteiger charge is 2.32. The van der Waals surface area contributed by atoms with Crippen LogP contribution in [0.4, 0.5) is 11.4 Å². The minimum absolute atomic E-state index is 0.0102. The Bertz CT molecular complexity index is 1710. The van der Waals surface area contributed by atoms with Crippen molar-refractivity contribution in [2.45, 2.75) is 51.1 Å². The largest absolute Gasteiger partial charge is 0.493 e. The number of ether oxygens (including phenoxy) is 5. The summed E-state index contributed by atoms with van der Waals surface area (Å²) >= 11 is 0. The predicted octanol–water partition coefficient (Wildman–Crippen LogP) is 6.05. The summed E-state index contributed by atoms with van der Waals surface area (Å²) in [5.41, 5.74) is 3.61. The highest BCUT2D eigenvalue weighted by atomic mass is 16.5. The lowest BCUT2D eigenvalue weighted by Gasteiger charge is -2.35. The summed E-state index contributed by atoms with van der Waals surface area (Å²) < 4.78 is 28.1. The second-order valence-corrected chi connectivity index (χ2v) is 13.3. The van der Waals surface area contributed by atoms with Gasteiger partial charge < -0.3 is 38.8 Å². The van der Waals surface area contributed by atoms with Gasteiger partial charge >= 0.3 is 0 Å². The van der Waals surface area contributed by atoms with E-state index in [0.29, 0.717) is 71.8 Å². The molecule has 12 nitrogen and oxygen atoms in total. The molecule has 3 aromatic rings. The number of hydrogen-bond donors (Lipinski definition) is 1. The Balaban J connectivity index is 0.915. The summed E-state index contributed by atoms with van der Waals surface area (Å²) in [5, 5.41) is 3.44. The highest BCUT2D eigenvalue weighted by Crippen LogP contribution is 2.39. The van der Waals surface area contributed by atoms with Crippen molar-refractivity contribution in [1.29, 1.82) is 0 Å². The average molecular weight is 714 g/mol. The summed E-state index contributed by atoms with van der Waals surface area (Å²) in [6.07, 6.45) is 8.02. The molecule has 0 aromatic heterocycles. The van der Waals surface area contributed by atoms with Gasteiger partial charge in [-0.2, -0.15) is 0 Å². The van der Waals surface area contributed by atoms with Crippen LogP contribution in [0, 0.1) is 0 Å². The zero-order valence-electron chi connectivity index (χ0n) is 30.8. The maximum absolute atomic E-state index is 13.6. The summed E-state index contributed by atoms with van der Waals surface area (Å²) in [5.74, 6) is 2.95. The number of nitrogens with one attached hydrogen (secondary N) is 1. The topological polar surface area (TPSA) is 114 Å². The molecular weight excluding hydrogens is 662 g/mol. The van der Waals surface area contributed by atoms with E-state index in [4.69, 9.17) is 23.7 Å². The number of carbonyl (C=O) groups is 2. The molecule has 2 amide bonds. The molecule has 0 aliphatic carbocycles. The molecule has 0 saturated carbocycles. The van der Waals surface area contributed by atoms with E-state index in [1.165, 1.54) is 0 Å². The molecule has 52 heavy (non-hydrogen) atoms. The van der Waals surface area contributed by atoms with Gasteiger partial charge in [0, 0.05) is 57.2 Å². The van der Waals surface area contributed by atoms with Crippen molar-refractivity contribution in [3.63, 3.8) is 0 Å². The monoisotopic (exact) mass is 713 g/mol. The van der Waals surface area contributed by atoms with Gasteiger partial charge in [0.05, 0.1) is 57.9 Å². The standard InChI is InChI=1S/C40H51N5O7/c1-48-34-24-31-33(42-27-29-12-11-16-45(29)40(31)47)25-35(34)52-21-10-6-5-9-15-43-17-19-44(20-18-43)39(46)30-13-7-8-14-32(30)41-26-28-22-36(49-2)38(51-4)37(23-28)50-3/h7-8,13-14,22-25,27,29,41H,5-6,9-12,15-21,26H2,1-4H3/t29-/m0/s1. The van der Waals surface area contributed by atoms with Gasteiger partial charge in [0.15, 0.2) is 23.0 Å². The minimum Gasteiger partial charge on any atom is -0.493 e. The van der Waals surface area contributed by atoms with Gasteiger partial charge in [-0.25, -0.2) is 0 Å². The molecule has 1 N–H and O–H groups in total. The number of hydrogen-bond acceptors (Lipinski definition) is 10. The van der Waals surface area contributed by atoms with Crippen molar-refractivity contribution < 1.29 is 33.3 Å². The van der Waals surface area contributed by atoms with Crippen molar-refractivity contribution in [2.24, 2.45) is 4.99 Å². The Hall–Kier alpha value is -4.97. The first kappa shape index (κ1) is 36.8. The molecule has 1 atom stereocenters. The summed E-state index contributed by atoms with van der Waals surface area (Å²) in [7, 11) is 6.38. The molecule has 3 aromatic carbocycles. The van der Waals surface area contributed by atoms with Gasteiger partial charge in [-0.3, -0.25) is 19.5 Å². The Morgan fingerprint density at radius 2 is 1.56 bits per heavy atom. The van der Waals surface area contributed by atoms with Crippen molar-refractivity contribution >= 4 is 29.4 Å². The van der Waals surface area contributed by atoms with E-state index in [0.717, 1.165) is 76.0 Å². The molecule has 3 heterocycles. The molecule has 2 saturated heterocycles. The van der Waals surface area contributed by atoms with Crippen molar-refractivity contribution in [1.82, 2.24) is 14.7 Å². The lowest BCUT2D eigenvalue weighted by molar-refractivity contribution is 0.0635. The lowest BCUT2D eigenvalue weighted by Crippen LogP contribution is -2.48. The summed E-state index contributed by atoms with van der Waals surface area (Å²) in [6, 6.07) is 15.2. The average Bonchev–Trinajstić information content (AvgIpc) is 3.62. The van der Waals surface area contributed by atoms with E-state index < -0.39 is 0 Å². The Morgan fingerprint density at radius 1 is 0.827 bits per heavy atom. The number of aliphatic imine (C=N–C) groups is 1. The number of benzene rings is 3. The zero-order valence-corrected chi connectivity index (χ0v) is 30.8. The van der Waals surface area contributed by atoms with Crippen molar-refractivity contribution in [3.05, 3.63) is 65.2 Å². The number of methoxy groups -OCH3 is 4. The van der Waals surface area contributed by atoms with Gasteiger partial charge in [-0.15, -0.1) is 0 Å². The fourth-order valence-electron chi connectivity index (χ4n) is 7.20. The van der Waals surface area contributed by atoms with Crippen LogP contribution in [0.2, 0.25) is 0 Å². The summed E-state index contributed by atoms with van der Waals surface area (Å²) in [6.45, 7) is 5.95. The van der Waals surface area contributed by atoms with Gasteiger partial charge in [0.1, 0.15) is 0 Å². The van der Waals surface area contributed by atoms with Crippen molar-refractivity contribution in [2.75, 3.05) is 79.6 Å². The van der Waals surface area contributed by atoms with E-state index >= 15 is 0 Å². The normalized spacial score (nSPS) is 16.9. The van der Waals surface area contributed by atoms with Crippen LogP contribution in [0.25, 0.3) is 0 Å². The van der Waals surface area contributed by atoms with Gasteiger partial charge in [0.25, 0.3) is 11.8 Å². The second kappa shape index (κ2) is 17.5. The molecule has 3 aliphatic heterocycles. The molecular formula is C40H51N5O7. The van der Waals surface area contributed by atoms with E-state index in [2.05, 4.69) is 15.2 Å². The predicted molar refractivity (Wildman–Crippen MR) is 201 cm³/mol. The lowest BCUT2D eigenvalue weighted by atomic mass is 10.1. The molecule has 6 rings (SSSR count). The zero-order chi connectivity index (χ0) is 36.5. The molecule has 0 unspecified atom stereocenters. The number of rotatable bonds is 16. The van der Waals surface area contributed by atoms with Crippen LogP contribution in [0.3, 0.4) is 0 Å². The molecule has 278 valence electrons. The first-order valence-corrected chi connectivity index (χ1v) is 18.3. The number of unbranched alkanes of at least 4 members (excludes halogenated alkanes) is 3. The quantitative estimate of drug-likeness (QED) is 0.177. The van der Waals surface area contributed by atoms with Gasteiger partial charge in [-0.1, -0.05) is 25.0 Å². The molecule has 2 fully saturated rings. The second-order valence-electron chi connectivity index (χ2n) is 13.3. The van der Waals surface area contributed by atoms with Gasteiger partial charge in [-0.05, 0) is 68.1 Å². The summed E-state index contributed by atoms with van der Waals surface area (Å²) in [4.78, 5) is 37.7. The minimum atomic E-state index is 0.0102. The van der Waals surface area contributed by atoms with Crippen LogP contribution in [0.5, 0.6) is 28.7 Å². The SMILES string of the molecule is COc1cc2c(cc1OCCCCCCN1CCN(C(=O)c3ccccc3NCc3cc(OC)c(OC)c(OC)c3)CC1)N=C[C@@H]1CCCN1C2=O. The Kier molecular flexibility index (Phi) is 12.4. The first-order chi connectivity index (χ1) is 25.4. The van der Waals surface area contributed by atoms with E-state index in [9.17, 15) is 9.59 Å². The molecule has 12 heteroatoms. The number of carbonyl (C=O) groups excluding carboxylic acids is 2. The number of anilines is 1. The van der Waals surface area contributed by atoms with Gasteiger partial charge in [0.2, 0.25) is 5.75 Å². The van der Waals surface area contributed by atoms with Crippen LogP contribution in [-0.2, 0) is 6.54 Å². The van der Waals surface area contributed by atoms with E-state index in [-0.39, 0.29) is 17.9 Å². The maximum Gasteiger partial charge on any atom is 0.256 e. The third-order valence-electron chi connectivity index (χ3n) is 10.1. The molecule has 0 radical (unpaired) electrons. The first-order valence-electron chi connectivity index (χ1n) is 18.3. The maximum atomic E-state index is 13.6. The molecule has 0 spiro atoms.